The smallest absolute Gasteiger partial charge is 0.146 e. The second-order valence-corrected chi connectivity index (χ2v) is 5.47. The van der Waals surface area contributed by atoms with Gasteiger partial charge in [0.2, 0.25) is 0 Å². The highest BCUT2D eigenvalue weighted by atomic mass is 35.5. The van der Waals surface area contributed by atoms with Gasteiger partial charge in [-0.25, -0.2) is 9.97 Å². The number of benzene rings is 2. The predicted molar refractivity (Wildman–Crippen MR) is 89.3 cm³/mol. The zero-order chi connectivity index (χ0) is 14.9. The van der Waals surface area contributed by atoms with Gasteiger partial charge in [-0.1, -0.05) is 48.0 Å². The van der Waals surface area contributed by atoms with Crippen molar-refractivity contribution in [3.8, 4) is 17.1 Å². The van der Waals surface area contributed by atoms with Gasteiger partial charge in [-0.2, -0.15) is 0 Å². The van der Waals surface area contributed by atoms with Crippen LogP contribution in [-0.2, 0) is 0 Å². The van der Waals surface area contributed by atoms with Gasteiger partial charge in [0.05, 0.1) is 5.69 Å². The maximum absolute atomic E-state index is 5.97. The zero-order valence-corrected chi connectivity index (χ0v) is 12.4. The molecule has 4 rings (SSSR count). The fourth-order valence-electron chi connectivity index (χ4n) is 2.53. The quantitative estimate of drug-likeness (QED) is 0.535. The summed E-state index contributed by atoms with van der Waals surface area (Å²) in [5.41, 5.74) is 1.95. The van der Waals surface area contributed by atoms with E-state index in [-0.39, 0.29) is 0 Å². The first-order chi connectivity index (χ1) is 10.8. The van der Waals surface area contributed by atoms with Gasteiger partial charge >= 0.3 is 0 Å². The van der Waals surface area contributed by atoms with Crippen LogP contribution in [0.4, 0.5) is 0 Å². The summed E-state index contributed by atoms with van der Waals surface area (Å²) in [6, 6.07) is 18.0. The van der Waals surface area contributed by atoms with Gasteiger partial charge in [0.25, 0.3) is 0 Å². The summed E-state index contributed by atoms with van der Waals surface area (Å²) < 4.78 is 1.93. The summed E-state index contributed by atoms with van der Waals surface area (Å²) in [6.07, 6.45) is 5.42. The summed E-state index contributed by atoms with van der Waals surface area (Å²) in [6.45, 7) is 0. The number of hydrogen-bond acceptors (Lipinski definition) is 2. The fourth-order valence-corrected chi connectivity index (χ4v) is 2.66. The molecule has 0 saturated heterocycles. The van der Waals surface area contributed by atoms with Crippen LogP contribution in [0.5, 0.6) is 0 Å². The van der Waals surface area contributed by atoms with Gasteiger partial charge in [0.1, 0.15) is 12.1 Å². The number of aromatic nitrogens is 3. The minimum Gasteiger partial charge on any atom is -0.290 e. The lowest BCUT2D eigenvalue weighted by Crippen LogP contribution is -1.98. The Balaban J connectivity index is 1.99. The fraction of sp³-hybridized carbons (Fsp3) is 0. The van der Waals surface area contributed by atoms with Crippen molar-refractivity contribution in [2.75, 3.05) is 0 Å². The van der Waals surface area contributed by atoms with Crippen LogP contribution >= 0.6 is 11.6 Å². The molecule has 22 heavy (non-hydrogen) atoms. The highest BCUT2D eigenvalue weighted by Gasteiger charge is 2.09. The van der Waals surface area contributed by atoms with Crippen LogP contribution in [0, 0.1) is 0 Å². The van der Waals surface area contributed by atoms with Gasteiger partial charge in [-0.15, -0.1) is 0 Å². The maximum atomic E-state index is 5.97. The molecule has 0 amide bonds. The number of rotatable bonds is 2. The van der Waals surface area contributed by atoms with Gasteiger partial charge in [0.15, 0.2) is 0 Å². The Morgan fingerprint density at radius 1 is 0.955 bits per heavy atom. The van der Waals surface area contributed by atoms with E-state index in [2.05, 4.69) is 23.2 Å². The van der Waals surface area contributed by atoms with E-state index in [1.807, 2.05) is 47.2 Å². The molecule has 2 aromatic carbocycles. The molecule has 0 aliphatic heterocycles. The molecule has 4 heteroatoms. The van der Waals surface area contributed by atoms with Crippen molar-refractivity contribution in [3.05, 3.63) is 78.3 Å². The lowest BCUT2D eigenvalue weighted by Gasteiger charge is -2.10. The molecule has 2 heterocycles. The molecule has 4 aromatic rings. The molecule has 0 bridgehead atoms. The molecule has 106 valence electrons. The van der Waals surface area contributed by atoms with Crippen molar-refractivity contribution in [3.63, 3.8) is 0 Å². The monoisotopic (exact) mass is 305 g/mol. The largest absolute Gasteiger partial charge is 0.290 e. The summed E-state index contributed by atoms with van der Waals surface area (Å²) >= 11 is 5.97. The standard InChI is InChI=1S/C18H12ClN3/c19-15-7-5-13(6-8-15)17-11-14-3-1-2-4-16(14)18(21-17)22-10-9-20-12-22/h1-12H. The molecule has 0 radical (unpaired) electrons. The van der Waals surface area contributed by atoms with Crippen LogP contribution in [0.15, 0.2) is 73.3 Å². The summed E-state index contributed by atoms with van der Waals surface area (Å²) in [4.78, 5) is 8.95. The number of fused-ring (bicyclic) bond motifs is 1. The Morgan fingerprint density at radius 2 is 1.77 bits per heavy atom. The van der Waals surface area contributed by atoms with Crippen LogP contribution in [0.2, 0.25) is 5.02 Å². The van der Waals surface area contributed by atoms with Gasteiger partial charge in [-0.3, -0.25) is 4.57 Å². The number of nitrogens with zero attached hydrogens (tertiary/aromatic N) is 3. The summed E-state index contributed by atoms with van der Waals surface area (Å²) in [7, 11) is 0. The van der Waals surface area contributed by atoms with Crippen molar-refractivity contribution >= 4 is 22.4 Å². The molecular weight excluding hydrogens is 294 g/mol. The number of imidazole rings is 1. The van der Waals surface area contributed by atoms with E-state index < -0.39 is 0 Å². The minimum absolute atomic E-state index is 0.722. The second kappa shape index (κ2) is 5.28. The van der Waals surface area contributed by atoms with E-state index in [1.54, 1.807) is 12.5 Å². The molecule has 0 saturated carbocycles. The van der Waals surface area contributed by atoms with Crippen molar-refractivity contribution in [2.45, 2.75) is 0 Å². The third-order valence-electron chi connectivity index (χ3n) is 3.61. The molecule has 0 N–H and O–H groups in total. The number of pyridine rings is 1. The van der Waals surface area contributed by atoms with Crippen molar-refractivity contribution in [1.29, 1.82) is 0 Å². The van der Waals surface area contributed by atoms with E-state index in [0.717, 1.165) is 32.9 Å². The normalized spacial score (nSPS) is 11.0. The van der Waals surface area contributed by atoms with E-state index in [4.69, 9.17) is 16.6 Å². The summed E-state index contributed by atoms with van der Waals surface area (Å²) in [5.74, 6) is 0.876. The van der Waals surface area contributed by atoms with Gasteiger partial charge < -0.3 is 0 Å². The lowest BCUT2D eigenvalue weighted by molar-refractivity contribution is 1.01. The van der Waals surface area contributed by atoms with Crippen molar-refractivity contribution in [2.24, 2.45) is 0 Å². The maximum Gasteiger partial charge on any atom is 0.146 e. The first-order valence-corrected chi connectivity index (χ1v) is 7.33. The van der Waals surface area contributed by atoms with Crippen LogP contribution < -0.4 is 0 Å². The van der Waals surface area contributed by atoms with Crippen molar-refractivity contribution in [1.82, 2.24) is 14.5 Å². The summed E-state index contributed by atoms with van der Waals surface area (Å²) in [5, 5.41) is 2.96. The molecule has 0 aliphatic rings. The average molecular weight is 306 g/mol. The van der Waals surface area contributed by atoms with E-state index >= 15 is 0 Å². The number of halogens is 1. The van der Waals surface area contributed by atoms with E-state index in [1.165, 1.54) is 0 Å². The Morgan fingerprint density at radius 3 is 2.55 bits per heavy atom. The van der Waals surface area contributed by atoms with E-state index in [0.29, 0.717) is 0 Å². The predicted octanol–water partition coefficient (Wildman–Crippen LogP) is 4.74. The Kier molecular flexibility index (Phi) is 3.13. The Labute approximate surface area is 132 Å². The molecule has 0 atom stereocenters. The third kappa shape index (κ3) is 2.26. The van der Waals surface area contributed by atoms with Gasteiger partial charge in [0, 0.05) is 28.4 Å². The molecule has 0 spiro atoms. The average Bonchev–Trinajstić information content (AvgIpc) is 3.09. The molecular formula is C18H12ClN3. The Hall–Kier alpha value is -2.65. The third-order valence-corrected chi connectivity index (χ3v) is 3.86. The molecule has 0 fully saturated rings. The van der Waals surface area contributed by atoms with Crippen LogP contribution in [0.1, 0.15) is 0 Å². The lowest BCUT2D eigenvalue weighted by atomic mass is 10.1. The highest BCUT2D eigenvalue weighted by molar-refractivity contribution is 6.30. The first kappa shape index (κ1) is 13.0. The zero-order valence-electron chi connectivity index (χ0n) is 11.6. The van der Waals surface area contributed by atoms with Crippen molar-refractivity contribution < 1.29 is 0 Å². The van der Waals surface area contributed by atoms with Crippen LogP contribution in [0.3, 0.4) is 0 Å². The van der Waals surface area contributed by atoms with Crippen LogP contribution in [-0.4, -0.2) is 14.5 Å². The highest BCUT2D eigenvalue weighted by Crippen LogP contribution is 2.27. The SMILES string of the molecule is Clc1ccc(-c2cc3ccccc3c(-n3ccnc3)n2)cc1. The topological polar surface area (TPSA) is 30.7 Å². The van der Waals surface area contributed by atoms with E-state index in [9.17, 15) is 0 Å². The Bertz CT molecular complexity index is 928. The minimum atomic E-state index is 0.722. The second-order valence-electron chi connectivity index (χ2n) is 5.03. The van der Waals surface area contributed by atoms with Gasteiger partial charge in [-0.05, 0) is 23.6 Å². The molecule has 3 nitrogen and oxygen atoms in total. The molecule has 0 unspecified atom stereocenters. The van der Waals surface area contributed by atoms with Crippen LogP contribution in [0.25, 0.3) is 27.8 Å². The molecule has 2 aromatic heterocycles. The molecule has 0 aliphatic carbocycles. The first-order valence-electron chi connectivity index (χ1n) is 6.95. The number of hydrogen-bond donors (Lipinski definition) is 0.